The zero-order valence-electron chi connectivity index (χ0n) is 11.6. The monoisotopic (exact) mass is 285 g/mol. The quantitative estimate of drug-likeness (QED) is 0.881. The Balaban J connectivity index is 1.69. The SMILES string of the molecule is O=C(OCc1ccccc1F)c1ccc2c(c1)CNCC2. The van der Waals surface area contributed by atoms with E-state index in [0.29, 0.717) is 11.1 Å². The van der Waals surface area contributed by atoms with Crippen LogP contribution in [0.2, 0.25) is 0 Å². The molecule has 0 saturated carbocycles. The predicted molar refractivity (Wildman–Crippen MR) is 77.4 cm³/mol. The van der Waals surface area contributed by atoms with Gasteiger partial charge in [0.1, 0.15) is 12.4 Å². The van der Waals surface area contributed by atoms with Gasteiger partial charge in [0.25, 0.3) is 0 Å². The van der Waals surface area contributed by atoms with Crippen molar-refractivity contribution in [2.24, 2.45) is 0 Å². The number of hydrogen-bond donors (Lipinski definition) is 1. The topological polar surface area (TPSA) is 38.3 Å². The molecule has 0 amide bonds. The van der Waals surface area contributed by atoms with Crippen molar-refractivity contribution in [2.75, 3.05) is 6.54 Å². The molecular formula is C17H16FNO2. The lowest BCUT2D eigenvalue weighted by molar-refractivity contribution is 0.0469. The molecule has 0 atom stereocenters. The highest BCUT2D eigenvalue weighted by atomic mass is 19.1. The van der Waals surface area contributed by atoms with Crippen LogP contribution in [-0.4, -0.2) is 12.5 Å². The van der Waals surface area contributed by atoms with Gasteiger partial charge in [0.05, 0.1) is 5.56 Å². The molecule has 0 aromatic heterocycles. The minimum atomic E-state index is -0.424. The first-order chi connectivity index (χ1) is 10.2. The number of ether oxygens (including phenoxy) is 1. The second-order valence-electron chi connectivity index (χ2n) is 5.08. The minimum absolute atomic E-state index is 0.0547. The third-order valence-corrected chi connectivity index (χ3v) is 3.65. The number of esters is 1. The Kier molecular flexibility index (Phi) is 3.97. The molecule has 0 spiro atoms. The fourth-order valence-corrected chi connectivity index (χ4v) is 2.45. The Hall–Kier alpha value is -2.20. The molecule has 1 N–H and O–H groups in total. The first-order valence-electron chi connectivity index (χ1n) is 6.97. The Morgan fingerprint density at radius 2 is 2.05 bits per heavy atom. The van der Waals surface area contributed by atoms with Crippen LogP contribution in [0.15, 0.2) is 42.5 Å². The second-order valence-corrected chi connectivity index (χ2v) is 5.08. The van der Waals surface area contributed by atoms with Gasteiger partial charge in [-0.3, -0.25) is 0 Å². The van der Waals surface area contributed by atoms with Crippen LogP contribution in [-0.2, 0) is 24.3 Å². The number of fused-ring (bicyclic) bond motifs is 1. The van der Waals surface area contributed by atoms with Gasteiger partial charge >= 0.3 is 5.97 Å². The molecule has 0 saturated heterocycles. The van der Waals surface area contributed by atoms with Gasteiger partial charge < -0.3 is 10.1 Å². The van der Waals surface area contributed by atoms with Crippen molar-refractivity contribution in [1.82, 2.24) is 5.32 Å². The average molecular weight is 285 g/mol. The zero-order chi connectivity index (χ0) is 14.7. The van der Waals surface area contributed by atoms with E-state index in [4.69, 9.17) is 4.74 Å². The van der Waals surface area contributed by atoms with Gasteiger partial charge in [0, 0.05) is 12.1 Å². The van der Waals surface area contributed by atoms with Gasteiger partial charge in [-0.1, -0.05) is 24.3 Å². The summed E-state index contributed by atoms with van der Waals surface area (Å²) in [7, 11) is 0. The fourth-order valence-electron chi connectivity index (χ4n) is 2.45. The van der Waals surface area contributed by atoms with Crippen LogP contribution in [0.1, 0.15) is 27.0 Å². The lowest BCUT2D eigenvalue weighted by atomic mass is 9.99. The van der Waals surface area contributed by atoms with Crippen molar-refractivity contribution in [2.45, 2.75) is 19.6 Å². The van der Waals surface area contributed by atoms with E-state index in [0.717, 1.165) is 25.1 Å². The molecule has 1 heterocycles. The van der Waals surface area contributed by atoms with Crippen molar-refractivity contribution in [3.05, 3.63) is 70.5 Å². The van der Waals surface area contributed by atoms with E-state index < -0.39 is 5.97 Å². The molecule has 0 aliphatic carbocycles. The van der Waals surface area contributed by atoms with Crippen molar-refractivity contribution >= 4 is 5.97 Å². The molecule has 1 aliphatic heterocycles. The van der Waals surface area contributed by atoms with Crippen molar-refractivity contribution in [1.29, 1.82) is 0 Å². The predicted octanol–water partition coefficient (Wildman–Crippen LogP) is 2.83. The summed E-state index contributed by atoms with van der Waals surface area (Å²) in [5.41, 5.74) is 3.28. The van der Waals surface area contributed by atoms with E-state index in [1.165, 1.54) is 11.6 Å². The van der Waals surface area contributed by atoms with Gasteiger partial charge in [-0.2, -0.15) is 0 Å². The summed E-state index contributed by atoms with van der Waals surface area (Å²) in [6.45, 7) is 1.68. The van der Waals surface area contributed by atoms with Crippen LogP contribution in [0.4, 0.5) is 4.39 Å². The molecule has 3 nitrogen and oxygen atoms in total. The van der Waals surface area contributed by atoms with Crippen molar-refractivity contribution in [3.63, 3.8) is 0 Å². The van der Waals surface area contributed by atoms with Gasteiger partial charge in [-0.05, 0) is 42.3 Å². The van der Waals surface area contributed by atoms with Crippen LogP contribution in [0.25, 0.3) is 0 Å². The summed E-state index contributed by atoms with van der Waals surface area (Å²) in [5, 5.41) is 3.27. The summed E-state index contributed by atoms with van der Waals surface area (Å²) in [6, 6.07) is 11.9. The number of halogens is 1. The average Bonchev–Trinajstić information content (AvgIpc) is 2.53. The molecule has 4 heteroatoms. The smallest absolute Gasteiger partial charge is 0.338 e. The summed E-state index contributed by atoms with van der Waals surface area (Å²) < 4.78 is 18.7. The number of nitrogens with one attached hydrogen (secondary N) is 1. The van der Waals surface area contributed by atoms with E-state index in [1.807, 2.05) is 12.1 Å². The van der Waals surface area contributed by atoms with Crippen LogP contribution in [0, 0.1) is 5.82 Å². The second kappa shape index (κ2) is 6.06. The van der Waals surface area contributed by atoms with Gasteiger partial charge in [-0.15, -0.1) is 0 Å². The molecule has 1 aliphatic rings. The largest absolute Gasteiger partial charge is 0.457 e. The third kappa shape index (κ3) is 3.11. The molecule has 108 valence electrons. The van der Waals surface area contributed by atoms with E-state index in [9.17, 15) is 9.18 Å². The number of rotatable bonds is 3. The highest BCUT2D eigenvalue weighted by Gasteiger charge is 2.14. The first kappa shape index (κ1) is 13.8. The molecule has 3 rings (SSSR count). The van der Waals surface area contributed by atoms with E-state index in [-0.39, 0.29) is 12.4 Å². The summed E-state index contributed by atoms with van der Waals surface area (Å²) in [5.74, 6) is -0.786. The molecule has 0 bridgehead atoms. The first-order valence-corrected chi connectivity index (χ1v) is 6.97. The van der Waals surface area contributed by atoms with Crippen molar-refractivity contribution in [3.8, 4) is 0 Å². The van der Waals surface area contributed by atoms with E-state index in [1.54, 1.807) is 24.3 Å². The minimum Gasteiger partial charge on any atom is -0.457 e. The molecule has 0 fully saturated rings. The Bertz CT molecular complexity index is 670. The normalized spacial score (nSPS) is 13.6. The van der Waals surface area contributed by atoms with Gasteiger partial charge in [0.2, 0.25) is 0 Å². The Morgan fingerprint density at radius 1 is 1.19 bits per heavy atom. The zero-order valence-corrected chi connectivity index (χ0v) is 11.6. The maximum atomic E-state index is 13.5. The van der Waals surface area contributed by atoms with Crippen LogP contribution in [0.3, 0.4) is 0 Å². The molecule has 0 unspecified atom stereocenters. The maximum absolute atomic E-state index is 13.5. The van der Waals surface area contributed by atoms with Gasteiger partial charge in [0.15, 0.2) is 0 Å². The van der Waals surface area contributed by atoms with E-state index >= 15 is 0 Å². The molecule has 0 radical (unpaired) electrons. The number of benzene rings is 2. The Labute approximate surface area is 122 Å². The number of carbonyl (C=O) groups is 1. The van der Waals surface area contributed by atoms with Crippen LogP contribution < -0.4 is 5.32 Å². The summed E-state index contributed by atoms with van der Waals surface area (Å²) in [6.07, 6.45) is 0.972. The molecule has 2 aromatic rings. The summed E-state index contributed by atoms with van der Waals surface area (Å²) >= 11 is 0. The third-order valence-electron chi connectivity index (χ3n) is 3.65. The molecular weight excluding hydrogens is 269 g/mol. The highest BCUT2D eigenvalue weighted by Crippen LogP contribution is 2.17. The van der Waals surface area contributed by atoms with Crippen LogP contribution >= 0.6 is 0 Å². The fraction of sp³-hybridized carbons (Fsp3) is 0.235. The van der Waals surface area contributed by atoms with Crippen molar-refractivity contribution < 1.29 is 13.9 Å². The summed E-state index contributed by atoms with van der Waals surface area (Å²) in [4.78, 5) is 12.1. The standard InChI is InChI=1S/C17H16FNO2/c18-16-4-2-1-3-14(16)11-21-17(20)13-6-5-12-7-8-19-10-15(12)9-13/h1-6,9,19H,7-8,10-11H2. The Morgan fingerprint density at radius 3 is 2.90 bits per heavy atom. The number of carbonyl (C=O) groups excluding carboxylic acids is 1. The van der Waals surface area contributed by atoms with E-state index in [2.05, 4.69) is 5.32 Å². The molecule has 21 heavy (non-hydrogen) atoms. The number of hydrogen-bond acceptors (Lipinski definition) is 3. The molecule has 2 aromatic carbocycles. The lowest BCUT2D eigenvalue weighted by Crippen LogP contribution is -2.24. The van der Waals surface area contributed by atoms with Gasteiger partial charge in [-0.25, -0.2) is 9.18 Å². The highest BCUT2D eigenvalue weighted by molar-refractivity contribution is 5.89. The van der Waals surface area contributed by atoms with Crippen LogP contribution in [0.5, 0.6) is 0 Å². The lowest BCUT2D eigenvalue weighted by Gasteiger charge is -2.17. The maximum Gasteiger partial charge on any atom is 0.338 e.